The number of ether oxygens (including phenoxy) is 2. The van der Waals surface area contributed by atoms with Crippen molar-refractivity contribution in [3.8, 4) is 11.5 Å². The largest absolute Gasteiger partial charge is 0.454 e. The maximum atomic E-state index is 12.3. The highest BCUT2D eigenvalue weighted by atomic mass is 79.9. The van der Waals surface area contributed by atoms with Gasteiger partial charge in [0, 0.05) is 10.0 Å². The molecule has 4 nitrogen and oxygen atoms in total. The predicted molar refractivity (Wildman–Crippen MR) is 82.6 cm³/mol. The molecule has 1 amide bonds. The molecule has 1 unspecified atom stereocenters. The van der Waals surface area contributed by atoms with Crippen molar-refractivity contribution >= 4 is 21.8 Å². The van der Waals surface area contributed by atoms with Crippen molar-refractivity contribution < 1.29 is 14.3 Å². The van der Waals surface area contributed by atoms with Gasteiger partial charge in [-0.05, 0) is 36.8 Å². The molecule has 0 aromatic heterocycles. The maximum absolute atomic E-state index is 12.3. The smallest absolute Gasteiger partial charge is 0.251 e. The summed E-state index contributed by atoms with van der Waals surface area (Å²) in [5, 5.41) is 2.98. The molecule has 1 aliphatic rings. The number of amides is 1. The van der Waals surface area contributed by atoms with Crippen LogP contribution < -0.4 is 14.8 Å². The average Bonchev–Trinajstić information content (AvgIpc) is 2.94. The van der Waals surface area contributed by atoms with E-state index in [1.165, 1.54) is 0 Å². The lowest BCUT2D eigenvalue weighted by Gasteiger charge is -2.16. The second kappa shape index (κ2) is 5.77. The zero-order chi connectivity index (χ0) is 14.8. The van der Waals surface area contributed by atoms with Crippen LogP contribution >= 0.6 is 15.9 Å². The SMILES string of the molecule is CC(NC(=O)c1ccc2c(c1)OCO2)c1ccccc1Br. The van der Waals surface area contributed by atoms with E-state index in [9.17, 15) is 4.79 Å². The molecular weight excluding hydrogens is 334 g/mol. The third kappa shape index (κ3) is 2.88. The van der Waals surface area contributed by atoms with Gasteiger partial charge < -0.3 is 14.8 Å². The number of benzene rings is 2. The third-order valence-corrected chi connectivity index (χ3v) is 4.08. The standard InChI is InChI=1S/C16H14BrNO3/c1-10(12-4-2-3-5-13(12)17)18-16(19)11-6-7-14-15(8-11)21-9-20-14/h2-8,10H,9H2,1H3,(H,18,19). The highest BCUT2D eigenvalue weighted by Crippen LogP contribution is 2.32. The average molecular weight is 348 g/mol. The Morgan fingerprint density at radius 2 is 1.95 bits per heavy atom. The molecular formula is C16H14BrNO3. The van der Waals surface area contributed by atoms with E-state index in [1.807, 2.05) is 31.2 Å². The summed E-state index contributed by atoms with van der Waals surface area (Å²) in [7, 11) is 0. The van der Waals surface area contributed by atoms with Crippen LogP contribution in [0.1, 0.15) is 28.9 Å². The van der Waals surface area contributed by atoms with Crippen LogP contribution in [0.4, 0.5) is 0 Å². The molecule has 1 heterocycles. The zero-order valence-corrected chi connectivity index (χ0v) is 13.0. The lowest BCUT2D eigenvalue weighted by atomic mass is 10.1. The summed E-state index contributed by atoms with van der Waals surface area (Å²) in [6.07, 6.45) is 0. The van der Waals surface area contributed by atoms with Gasteiger partial charge in [-0.1, -0.05) is 34.1 Å². The first-order valence-electron chi connectivity index (χ1n) is 6.60. The maximum Gasteiger partial charge on any atom is 0.251 e. The molecule has 3 rings (SSSR count). The minimum Gasteiger partial charge on any atom is -0.454 e. The van der Waals surface area contributed by atoms with Crippen LogP contribution in [0.5, 0.6) is 11.5 Å². The number of nitrogens with one attached hydrogen (secondary N) is 1. The van der Waals surface area contributed by atoms with Crippen LogP contribution in [0.15, 0.2) is 46.9 Å². The Hall–Kier alpha value is -2.01. The van der Waals surface area contributed by atoms with Gasteiger partial charge in [0.25, 0.3) is 5.91 Å². The Labute approximate surface area is 131 Å². The molecule has 0 saturated heterocycles. The minimum absolute atomic E-state index is 0.0986. The van der Waals surface area contributed by atoms with E-state index in [-0.39, 0.29) is 18.7 Å². The first-order valence-corrected chi connectivity index (χ1v) is 7.39. The monoisotopic (exact) mass is 347 g/mol. The number of halogens is 1. The molecule has 0 fully saturated rings. The van der Waals surface area contributed by atoms with E-state index in [0.717, 1.165) is 10.0 Å². The fraction of sp³-hybridized carbons (Fsp3) is 0.188. The van der Waals surface area contributed by atoms with Crippen molar-refractivity contribution in [2.75, 3.05) is 6.79 Å². The van der Waals surface area contributed by atoms with E-state index >= 15 is 0 Å². The van der Waals surface area contributed by atoms with Gasteiger partial charge in [0.15, 0.2) is 11.5 Å². The van der Waals surface area contributed by atoms with Crippen molar-refractivity contribution in [3.63, 3.8) is 0 Å². The Balaban J connectivity index is 1.76. The van der Waals surface area contributed by atoms with E-state index in [0.29, 0.717) is 17.1 Å². The Kier molecular flexibility index (Phi) is 3.84. The molecule has 1 atom stereocenters. The van der Waals surface area contributed by atoms with Crippen molar-refractivity contribution in [1.82, 2.24) is 5.32 Å². The molecule has 0 saturated carbocycles. The van der Waals surface area contributed by atoms with Gasteiger partial charge in [-0.25, -0.2) is 0 Å². The van der Waals surface area contributed by atoms with Crippen molar-refractivity contribution in [1.29, 1.82) is 0 Å². The van der Waals surface area contributed by atoms with Gasteiger partial charge >= 0.3 is 0 Å². The lowest BCUT2D eigenvalue weighted by molar-refractivity contribution is 0.0939. The van der Waals surface area contributed by atoms with E-state index in [1.54, 1.807) is 18.2 Å². The number of rotatable bonds is 3. The van der Waals surface area contributed by atoms with Gasteiger partial charge in [-0.15, -0.1) is 0 Å². The summed E-state index contributed by atoms with van der Waals surface area (Å²) in [6, 6.07) is 12.9. The van der Waals surface area contributed by atoms with Gasteiger partial charge in [0.2, 0.25) is 6.79 Å². The van der Waals surface area contributed by atoms with Crippen LogP contribution in [-0.2, 0) is 0 Å². The molecule has 0 spiro atoms. The zero-order valence-electron chi connectivity index (χ0n) is 11.4. The van der Waals surface area contributed by atoms with Crippen molar-refractivity contribution in [2.45, 2.75) is 13.0 Å². The number of fused-ring (bicyclic) bond motifs is 1. The summed E-state index contributed by atoms with van der Waals surface area (Å²) in [5.74, 6) is 1.14. The normalized spacial score (nSPS) is 13.8. The van der Waals surface area contributed by atoms with Crippen molar-refractivity contribution in [2.24, 2.45) is 0 Å². The van der Waals surface area contributed by atoms with Gasteiger partial charge in [0.1, 0.15) is 0 Å². The first-order chi connectivity index (χ1) is 10.1. The molecule has 2 aromatic carbocycles. The topological polar surface area (TPSA) is 47.6 Å². The molecule has 1 N–H and O–H groups in total. The summed E-state index contributed by atoms with van der Waals surface area (Å²) in [6.45, 7) is 2.15. The second-order valence-corrected chi connectivity index (χ2v) is 5.64. The van der Waals surface area contributed by atoms with Crippen LogP contribution in [0.2, 0.25) is 0 Å². The molecule has 0 radical (unpaired) electrons. The van der Waals surface area contributed by atoms with E-state index < -0.39 is 0 Å². The molecule has 0 aliphatic carbocycles. The number of hydrogen-bond acceptors (Lipinski definition) is 3. The summed E-state index contributed by atoms with van der Waals surface area (Å²) < 4.78 is 11.5. The number of carbonyl (C=O) groups excluding carboxylic acids is 1. The molecule has 5 heteroatoms. The third-order valence-electron chi connectivity index (χ3n) is 3.35. The predicted octanol–water partition coefficient (Wildman–Crippen LogP) is 3.67. The quantitative estimate of drug-likeness (QED) is 0.921. The minimum atomic E-state index is -0.142. The summed E-state index contributed by atoms with van der Waals surface area (Å²) in [5.41, 5.74) is 1.59. The summed E-state index contributed by atoms with van der Waals surface area (Å²) in [4.78, 5) is 12.3. The number of carbonyl (C=O) groups is 1. The first kappa shape index (κ1) is 13.9. The number of hydrogen-bond donors (Lipinski definition) is 1. The Morgan fingerprint density at radius 1 is 1.19 bits per heavy atom. The van der Waals surface area contributed by atoms with E-state index in [2.05, 4.69) is 21.2 Å². The Morgan fingerprint density at radius 3 is 2.76 bits per heavy atom. The fourth-order valence-electron chi connectivity index (χ4n) is 2.22. The van der Waals surface area contributed by atoms with Crippen LogP contribution in [-0.4, -0.2) is 12.7 Å². The van der Waals surface area contributed by atoms with Crippen LogP contribution in [0, 0.1) is 0 Å². The molecule has 21 heavy (non-hydrogen) atoms. The molecule has 108 valence electrons. The Bertz CT molecular complexity index is 687. The molecule has 0 bridgehead atoms. The summed E-state index contributed by atoms with van der Waals surface area (Å²) >= 11 is 3.50. The van der Waals surface area contributed by atoms with Crippen LogP contribution in [0.25, 0.3) is 0 Å². The van der Waals surface area contributed by atoms with Gasteiger partial charge in [-0.2, -0.15) is 0 Å². The lowest BCUT2D eigenvalue weighted by Crippen LogP contribution is -2.26. The highest BCUT2D eigenvalue weighted by Gasteiger charge is 2.18. The molecule has 2 aromatic rings. The fourth-order valence-corrected chi connectivity index (χ4v) is 2.85. The second-order valence-electron chi connectivity index (χ2n) is 4.78. The van der Waals surface area contributed by atoms with Gasteiger partial charge in [0.05, 0.1) is 6.04 Å². The van der Waals surface area contributed by atoms with Crippen LogP contribution in [0.3, 0.4) is 0 Å². The van der Waals surface area contributed by atoms with E-state index in [4.69, 9.17) is 9.47 Å². The van der Waals surface area contributed by atoms with Crippen molar-refractivity contribution in [3.05, 3.63) is 58.1 Å². The van der Waals surface area contributed by atoms with Gasteiger partial charge in [-0.3, -0.25) is 4.79 Å². The highest BCUT2D eigenvalue weighted by molar-refractivity contribution is 9.10. The molecule has 1 aliphatic heterocycles.